The Balaban J connectivity index is 1.52. The van der Waals surface area contributed by atoms with Gasteiger partial charge in [-0.2, -0.15) is 4.31 Å². The van der Waals surface area contributed by atoms with E-state index >= 15 is 0 Å². The number of aromatic nitrogens is 1. The molecule has 1 aromatic carbocycles. The van der Waals surface area contributed by atoms with Crippen LogP contribution in [0.2, 0.25) is 0 Å². The number of sulfonamides is 1. The summed E-state index contributed by atoms with van der Waals surface area (Å²) in [5, 5.41) is 0. The monoisotopic (exact) mass is 414 g/mol. The molecule has 2 aromatic rings. The van der Waals surface area contributed by atoms with E-state index in [9.17, 15) is 13.2 Å². The van der Waals surface area contributed by atoms with Crippen LogP contribution in [0.25, 0.3) is 0 Å². The maximum Gasteiger partial charge on any atom is 0.243 e. The Morgan fingerprint density at radius 1 is 1.14 bits per heavy atom. The Hall–Kier alpha value is -2.45. The lowest BCUT2D eigenvalue weighted by Crippen LogP contribution is -2.48. The molecule has 8 heteroatoms. The number of benzene rings is 1. The van der Waals surface area contributed by atoms with Gasteiger partial charge >= 0.3 is 0 Å². The highest BCUT2D eigenvalue weighted by atomic mass is 32.2. The van der Waals surface area contributed by atoms with Crippen molar-refractivity contribution in [2.45, 2.75) is 37.6 Å². The van der Waals surface area contributed by atoms with Crippen LogP contribution < -0.4 is 9.80 Å². The number of hydrogen-bond acceptors (Lipinski definition) is 5. The molecular weight excluding hydrogens is 388 g/mol. The second-order valence-electron chi connectivity index (χ2n) is 7.54. The molecule has 0 aliphatic carbocycles. The standard InChI is InChI=1S/C21H26N4O3S/c1-3-21(26)25-16(2)14-17-15-18(7-8-19(17)25)29(27,28)24-12-10-23(11-13-24)20-6-4-5-9-22-20/h4-9,15-16H,3,10-14H2,1-2H3. The predicted octanol–water partition coefficient (Wildman–Crippen LogP) is 2.28. The van der Waals surface area contributed by atoms with Crippen molar-refractivity contribution in [3.8, 4) is 0 Å². The Bertz CT molecular complexity index is 1000. The fourth-order valence-electron chi connectivity index (χ4n) is 4.17. The number of nitrogens with zero attached hydrogens (tertiary/aromatic N) is 4. The Kier molecular flexibility index (Phi) is 5.31. The van der Waals surface area contributed by atoms with E-state index in [1.165, 1.54) is 0 Å². The van der Waals surface area contributed by atoms with Crippen molar-refractivity contribution in [1.82, 2.24) is 9.29 Å². The summed E-state index contributed by atoms with van der Waals surface area (Å²) >= 11 is 0. The average Bonchev–Trinajstić information content (AvgIpc) is 3.08. The largest absolute Gasteiger partial charge is 0.354 e. The van der Waals surface area contributed by atoms with Crippen LogP contribution in [0.3, 0.4) is 0 Å². The van der Waals surface area contributed by atoms with Gasteiger partial charge in [0, 0.05) is 50.5 Å². The molecule has 0 saturated carbocycles. The lowest BCUT2D eigenvalue weighted by atomic mass is 10.1. The van der Waals surface area contributed by atoms with Crippen LogP contribution in [-0.4, -0.2) is 55.8 Å². The molecule has 29 heavy (non-hydrogen) atoms. The average molecular weight is 415 g/mol. The quantitative estimate of drug-likeness (QED) is 0.767. The number of carbonyl (C=O) groups excluding carboxylic acids is 1. The number of fused-ring (bicyclic) bond motifs is 1. The van der Waals surface area contributed by atoms with Crippen LogP contribution in [0.1, 0.15) is 25.8 Å². The summed E-state index contributed by atoms with van der Waals surface area (Å²) in [5.41, 5.74) is 1.76. The molecule has 0 bridgehead atoms. The van der Waals surface area contributed by atoms with Crippen LogP contribution in [0.15, 0.2) is 47.5 Å². The number of piperazine rings is 1. The zero-order valence-corrected chi connectivity index (χ0v) is 17.6. The highest BCUT2D eigenvalue weighted by molar-refractivity contribution is 7.89. The summed E-state index contributed by atoms with van der Waals surface area (Å²) in [4.78, 5) is 20.8. The van der Waals surface area contributed by atoms with E-state index in [0.717, 1.165) is 17.1 Å². The maximum atomic E-state index is 13.2. The maximum absolute atomic E-state index is 13.2. The van der Waals surface area contributed by atoms with Crippen LogP contribution in [0.4, 0.5) is 11.5 Å². The topological polar surface area (TPSA) is 73.8 Å². The number of carbonyl (C=O) groups is 1. The van der Waals surface area contributed by atoms with Crippen LogP contribution in [0, 0.1) is 0 Å². The summed E-state index contributed by atoms with van der Waals surface area (Å²) in [5.74, 6) is 0.939. The van der Waals surface area contributed by atoms with Crippen molar-refractivity contribution in [2.75, 3.05) is 36.0 Å². The van der Waals surface area contributed by atoms with Gasteiger partial charge in [-0.3, -0.25) is 4.79 Å². The molecule has 3 heterocycles. The number of pyridine rings is 1. The molecule has 1 saturated heterocycles. The van der Waals surface area contributed by atoms with Crippen molar-refractivity contribution in [1.29, 1.82) is 0 Å². The molecule has 1 amide bonds. The Labute approximate surface area is 172 Å². The lowest BCUT2D eigenvalue weighted by Gasteiger charge is -2.34. The number of anilines is 2. The second kappa shape index (κ2) is 7.76. The highest BCUT2D eigenvalue weighted by Crippen LogP contribution is 2.35. The fourth-order valence-corrected chi connectivity index (χ4v) is 5.64. The molecule has 0 radical (unpaired) electrons. The van der Waals surface area contributed by atoms with Gasteiger partial charge < -0.3 is 9.80 Å². The van der Waals surface area contributed by atoms with Crippen molar-refractivity contribution < 1.29 is 13.2 Å². The molecule has 1 atom stereocenters. The summed E-state index contributed by atoms with van der Waals surface area (Å²) in [6, 6.07) is 11.0. The van der Waals surface area contributed by atoms with E-state index < -0.39 is 10.0 Å². The molecule has 0 spiro atoms. The van der Waals surface area contributed by atoms with Gasteiger partial charge in [-0.05, 0) is 49.2 Å². The van der Waals surface area contributed by atoms with Crippen LogP contribution in [0.5, 0.6) is 0 Å². The summed E-state index contributed by atoms with van der Waals surface area (Å²) < 4.78 is 27.9. The fraction of sp³-hybridized carbons (Fsp3) is 0.429. The Morgan fingerprint density at radius 2 is 1.90 bits per heavy atom. The van der Waals surface area contributed by atoms with Crippen molar-refractivity contribution in [3.05, 3.63) is 48.2 Å². The lowest BCUT2D eigenvalue weighted by molar-refractivity contribution is -0.118. The van der Waals surface area contributed by atoms with Gasteiger partial charge in [-0.25, -0.2) is 13.4 Å². The van der Waals surface area contributed by atoms with E-state index in [-0.39, 0.29) is 11.9 Å². The third-order valence-corrected chi connectivity index (χ3v) is 7.58. The number of rotatable bonds is 4. The summed E-state index contributed by atoms with van der Waals surface area (Å²) in [6.45, 7) is 5.91. The van der Waals surface area contributed by atoms with Crippen LogP contribution >= 0.6 is 0 Å². The highest BCUT2D eigenvalue weighted by Gasteiger charge is 2.33. The van der Waals surface area contributed by atoms with Gasteiger partial charge in [0.15, 0.2) is 0 Å². The minimum atomic E-state index is -3.57. The van der Waals surface area contributed by atoms with Gasteiger partial charge in [0.1, 0.15) is 5.82 Å². The third kappa shape index (κ3) is 3.62. The molecule has 1 unspecified atom stereocenters. The summed E-state index contributed by atoms with van der Waals surface area (Å²) in [7, 11) is -3.57. The molecular formula is C21H26N4O3S. The van der Waals surface area contributed by atoms with E-state index in [4.69, 9.17) is 0 Å². The normalized spacial score (nSPS) is 20.0. The first-order valence-corrected chi connectivity index (χ1v) is 11.5. The van der Waals surface area contributed by atoms with Gasteiger partial charge in [0.2, 0.25) is 15.9 Å². The van der Waals surface area contributed by atoms with Crippen molar-refractivity contribution >= 4 is 27.4 Å². The molecule has 1 fully saturated rings. The van der Waals surface area contributed by atoms with E-state index in [2.05, 4.69) is 9.88 Å². The van der Waals surface area contributed by atoms with Gasteiger partial charge in [-0.15, -0.1) is 0 Å². The van der Waals surface area contributed by atoms with Gasteiger partial charge in [0.25, 0.3) is 0 Å². The van der Waals surface area contributed by atoms with E-state index in [1.54, 1.807) is 33.6 Å². The molecule has 1 aromatic heterocycles. The van der Waals surface area contributed by atoms with Gasteiger partial charge in [-0.1, -0.05) is 13.0 Å². The first-order valence-electron chi connectivity index (χ1n) is 10.0. The second-order valence-corrected chi connectivity index (χ2v) is 9.48. The van der Waals surface area contributed by atoms with Crippen molar-refractivity contribution in [2.24, 2.45) is 0 Å². The van der Waals surface area contributed by atoms with E-state index in [1.807, 2.05) is 32.0 Å². The SMILES string of the molecule is CCC(=O)N1c2ccc(S(=O)(=O)N3CCN(c4ccccn4)CC3)cc2CC1C. The van der Waals surface area contributed by atoms with Crippen LogP contribution in [-0.2, 0) is 21.2 Å². The molecule has 2 aliphatic rings. The smallest absolute Gasteiger partial charge is 0.243 e. The minimum Gasteiger partial charge on any atom is -0.354 e. The van der Waals surface area contributed by atoms with E-state index in [0.29, 0.717) is 43.9 Å². The zero-order chi connectivity index (χ0) is 20.6. The van der Waals surface area contributed by atoms with Gasteiger partial charge in [0.05, 0.1) is 4.90 Å². The minimum absolute atomic E-state index is 0.0531. The third-order valence-electron chi connectivity index (χ3n) is 5.69. The molecule has 2 aliphatic heterocycles. The van der Waals surface area contributed by atoms with Crippen molar-refractivity contribution in [3.63, 3.8) is 0 Å². The molecule has 7 nitrogen and oxygen atoms in total. The first-order chi connectivity index (χ1) is 13.9. The first kappa shape index (κ1) is 19.8. The molecule has 0 N–H and O–H groups in total. The number of amides is 1. The number of hydrogen-bond donors (Lipinski definition) is 0. The molecule has 154 valence electrons. The predicted molar refractivity (Wildman–Crippen MR) is 113 cm³/mol. The summed E-state index contributed by atoms with van der Waals surface area (Å²) in [6.07, 6.45) is 2.86. The molecule has 4 rings (SSSR count). The zero-order valence-electron chi connectivity index (χ0n) is 16.8. The Morgan fingerprint density at radius 3 is 2.55 bits per heavy atom.